The topological polar surface area (TPSA) is 125 Å². The molecule has 5 rings (SSSR count). The summed E-state index contributed by atoms with van der Waals surface area (Å²) in [7, 11) is 1.52. The minimum atomic E-state index is -1.23. The van der Waals surface area contributed by atoms with E-state index in [0.717, 1.165) is 24.1 Å². The van der Waals surface area contributed by atoms with Crippen molar-refractivity contribution in [3.8, 4) is 11.8 Å². The Morgan fingerprint density at radius 1 is 1.29 bits per heavy atom. The van der Waals surface area contributed by atoms with Gasteiger partial charge >= 0.3 is 0 Å². The van der Waals surface area contributed by atoms with Crippen LogP contribution in [-0.4, -0.2) is 60.9 Å². The van der Waals surface area contributed by atoms with Crippen LogP contribution in [0.2, 0.25) is 4.34 Å². The summed E-state index contributed by atoms with van der Waals surface area (Å²) in [5, 5.41) is 27.6. The Balaban J connectivity index is 1.57. The van der Waals surface area contributed by atoms with Crippen molar-refractivity contribution in [2.75, 3.05) is 12.4 Å². The van der Waals surface area contributed by atoms with E-state index in [-0.39, 0.29) is 12.3 Å². The van der Waals surface area contributed by atoms with E-state index in [1.165, 1.54) is 18.4 Å². The van der Waals surface area contributed by atoms with Crippen LogP contribution < -0.4 is 10.6 Å². The van der Waals surface area contributed by atoms with Gasteiger partial charge in [-0.2, -0.15) is 0 Å². The number of nitrogens with one attached hydrogen (secondary N) is 2. The average molecular weight is 501 g/mol. The first-order valence-electron chi connectivity index (χ1n) is 11.2. The van der Waals surface area contributed by atoms with Gasteiger partial charge in [-0.3, -0.25) is 4.79 Å². The maximum Gasteiger partial charge on any atom is 0.228 e. The van der Waals surface area contributed by atoms with Crippen molar-refractivity contribution in [2.45, 2.75) is 56.9 Å². The van der Waals surface area contributed by atoms with Gasteiger partial charge in [0.2, 0.25) is 11.7 Å². The number of carbonyl (C=O) groups excluding carboxylic acids is 1. The molecule has 34 heavy (non-hydrogen) atoms. The van der Waals surface area contributed by atoms with Crippen LogP contribution in [-0.2, 0) is 4.79 Å². The number of amides is 1. The summed E-state index contributed by atoms with van der Waals surface area (Å²) in [5.41, 5.74) is -0.0918. The predicted molar refractivity (Wildman–Crippen MR) is 130 cm³/mol. The summed E-state index contributed by atoms with van der Waals surface area (Å²) in [6.45, 7) is 1.65. The number of aromatic nitrogens is 4. The Bertz CT molecular complexity index is 1310. The first-order valence-corrected chi connectivity index (χ1v) is 12.4. The van der Waals surface area contributed by atoms with Crippen LogP contribution in [0, 0.1) is 17.3 Å². The Labute approximate surface area is 205 Å². The number of halogens is 1. The van der Waals surface area contributed by atoms with Gasteiger partial charge in [-0.15, -0.1) is 11.3 Å². The molecule has 4 N–H and O–H groups in total. The molecular formula is C23H25ClN6O3S. The molecule has 2 fully saturated rings. The SMILES string of the molecule is CNC(=O)C1(C)C[C@@H](n2cnc3c(NC4CCC4)nc(C#Cc4ccc(Cl)s4)nc32)[C@H](O)[C@@H]1O. The summed E-state index contributed by atoms with van der Waals surface area (Å²) >= 11 is 7.38. The van der Waals surface area contributed by atoms with Gasteiger partial charge in [-0.25, -0.2) is 15.0 Å². The summed E-state index contributed by atoms with van der Waals surface area (Å²) in [5.74, 6) is 6.63. The standard InChI is InChI=1S/C23H25ClN6O3S/c1-23(22(33)25-2)10-14(18(31)19(23)32)30-11-26-17-20(27-12-4-3-5-12)28-16(29-21(17)30)9-7-13-6-8-15(24)34-13/h6,8,11-12,14,18-19,31-32H,3-5,10H2,1-2H3,(H,25,33)(H,27,28,29)/t14-,18+,19+,23?/m1/s1. The van der Waals surface area contributed by atoms with E-state index in [2.05, 4.69) is 37.4 Å². The van der Waals surface area contributed by atoms with Crippen LogP contribution in [0.25, 0.3) is 11.2 Å². The molecule has 0 aliphatic heterocycles. The van der Waals surface area contributed by atoms with E-state index in [4.69, 9.17) is 11.6 Å². The summed E-state index contributed by atoms with van der Waals surface area (Å²) < 4.78 is 2.37. The Morgan fingerprint density at radius 2 is 2.09 bits per heavy atom. The zero-order valence-electron chi connectivity index (χ0n) is 18.7. The highest BCUT2D eigenvalue weighted by Gasteiger charge is 2.54. The lowest BCUT2D eigenvalue weighted by Crippen LogP contribution is -2.45. The zero-order valence-corrected chi connectivity index (χ0v) is 20.3. The molecular weight excluding hydrogens is 476 g/mol. The smallest absolute Gasteiger partial charge is 0.228 e. The Morgan fingerprint density at radius 3 is 2.74 bits per heavy atom. The highest BCUT2D eigenvalue weighted by molar-refractivity contribution is 7.16. The number of nitrogens with zero attached hydrogens (tertiary/aromatic N) is 4. The van der Waals surface area contributed by atoms with Gasteiger partial charge in [0.05, 0.1) is 33.1 Å². The largest absolute Gasteiger partial charge is 0.389 e. The monoisotopic (exact) mass is 500 g/mol. The van der Waals surface area contributed by atoms with Crippen molar-refractivity contribution >= 4 is 45.8 Å². The van der Waals surface area contributed by atoms with Crippen molar-refractivity contribution < 1.29 is 15.0 Å². The number of hydrogen-bond acceptors (Lipinski definition) is 8. The summed E-state index contributed by atoms with van der Waals surface area (Å²) in [6, 6.07) is 3.35. The number of hydrogen-bond donors (Lipinski definition) is 4. The molecule has 3 aromatic heterocycles. The van der Waals surface area contributed by atoms with Crippen LogP contribution in [0.1, 0.15) is 49.4 Å². The van der Waals surface area contributed by atoms with Gasteiger partial charge < -0.3 is 25.4 Å². The molecule has 2 aliphatic carbocycles. The van der Waals surface area contributed by atoms with Gasteiger partial charge in [0.25, 0.3) is 0 Å². The highest BCUT2D eigenvalue weighted by Crippen LogP contribution is 2.45. The third kappa shape index (κ3) is 3.92. The number of imidazole rings is 1. The molecule has 2 aliphatic rings. The predicted octanol–water partition coefficient (Wildman–Crippen LogP) is 2.32. The number of thiophene rings is 1. The van der Waals surface area contributed by atoms with E-state index in [9.17, 15) is 15.0 Å². The molecule has 2 saturated carbocycles. The molecule has 0 spiro atoms. The van der Waals surface area contributed by atoms with Gasteiger partial charge in [0.1, 0.15) is 6.10 Å². The number of fused-ring (bicyclic) bond motifs is 1. The molecule has 11 heteroatoms. The molecule has 0 bridgehead atoms. The van der Waals surface area contributed by atoms with Crippen LogP contribution in [0.5, 0.6) is 0 Å². The average Bonchev–Trinajstić information content (AvgIpc) is 3.47. The summed E-state index contributed by atoms with van der Waals surface area (Å²) in [4.78, 5) is 27.1. The van der Waals surface area contributed by atoms with Crippen molar-refractivity contribution in [3.05, 3.63) is 33.5 Å². The fourth-order valence-corrected chi connectivity index (χ4v) is 5.50. The van der Waals surface area contributed by atoms with E-state index < -0.39 is 23.7 Å². The van der Waals surface area contributed by atoms with Gasteiger partial charge in [-0.1, -0.05) is 11.6 Å². The van der Waals surface area contributed by atoms with Crippen LogP contribution >= 0.6 is 22.9 Å². The maximum absolute atomic E-state index is 12.5. The molecule has 0 radical (unpaired) electrons. The molecule has 3 aromatic rings. The van der Waals surface area contributed by atoms with Crippen LogP contribution in [0.3, 0.4) is 0 Å². The number of aliphatic hydroxyl groups excluding tert-OH is 2. The minimum Gasteiger partial charge on any atom is -0.389 e. The molecule has 0 aromatic carbocycles. The lowest BCUT2D eigenvalue weighted by atomic mass is 9.85. The van der Waals surface area contributed by atoms with Crippen molar-refractivity contribution in [1.29, 1.82) is 0 Å². The zero-order chi connectivity index (χ0) is 24.0. The fraction of sp³-hybridized carbons (Fsp3) is 0.478. The van der Waals surface area contributed by atoms with Crippen molar-refractivity contribution in [3.63, 3.8) is 0 Å². The third-order valence-electron chi connectivity index (χ3n) is 6.84. The third-order valence-corrected chi connectivity index (χ3v) is 7.99. The van der Waals surface area contributed by atoms with E-state index >= 15 is 0 Å². The summed E-state index contributed by atoms with van der Waals surface area (Å²) in [6.07, 6.45) is 2.68. The van der Waals surface area contributed by atoms with Gasteiger partial charge in [0.15, 0.2) is 17.0 Å². The van der Waals surface area contributed by atoms with Crippen LogP contribution in [0.4, 0.5) is 5.82 Å². The van der Waals surface area contributed by atoms with Crippen molar-refractivity contribution in [2.24, 2.45) is 5.41 Å². The molecule has 3 heterocycles. The Hall–Kier alpha value is -2.71. The van der Waals surface area contributed by atoms with Crippen molar-refractivity contribution in [1.82, 2.24) is 24.8 Å². The number of anilines is 1. The molecule has 0 saturated heterocycles. The number of rotatable bonds is 4. The second kappa shape index (κ2) is 8.82. The van der Waals surface area contributed by atoms with E-state index in [1.807, 2.05) is 6.07 Å². The van der Waals surface area contributed by atoms with E-state index in [1.54, 1.807) is 23.9 Å². The Kier molecular flexibility index (Phi) is 5.98. The fourth-order valence-electron chi connectivity index (χ4n) is 4.60. The minimum absolute atomic E-state index is 0.227. The molecule has 178 valence electrons. The van der Waals surface area contributed by atoms with E-state index in [0.29, 0.717) is 33.2 Å². The first-order chi connectivity index (χ1) is 16.3. The molecule has 4 atom stereocenters. The normalized spacial score (nSPS) is 26.7. The maximum atomic E-state index is 12.5. The molecule has 9 nitrogen and oxygen atoms in total. The second-order valence-corrected chi connectivity index (χ2v) is 10.8. The van der Waals surface area contributed by atoms with Crippen LogP contribution in [0.15, 0.2) is 18.5 Å². The number of carbonyl (C=O) groups is 1. The highest BCUT2D eigenvalue weighted by atomic mass is 35.5. The number of aliphatic hydroxyl groups is 2. The molecule has 1 unspecified atom stereocenters. The van der Waals surface area contributed by atoms with Gasteiger partial charge in [-0.05, 0) is 56.6 Å². The first kappa shape index (κ1) is 23.1. The lowest BCUT2D eigenvalue weighted by Gasteiger charge is -2.27. The van der Waals surface area contributed by atoms with Gasteiger partial charge in [0, 0.05) is 13.1 Å². The second-order valence-electron chi connectivity index (χ2n) is 9.05. The molecule has 1 amide bonds. The quantitative estimate of drug-likeness (QED) is 0.405. The lowest BCUT2D eigenvalue weighted by molar-refractivity contribution is -0.136.